The molecule has 0 aliphatic heterocycles. The highest BCUT2D eigenvalue weighted by Gasteiger charge is 2.17. The Morgan fingerprint density at radius 2 is 2.26 bits per heavy atom. The predicted molar refractivity (Wildman–Crippen MR) is 83.8 cm³/mol. The zero-order chi connectivity index (χ0) is 13.8. The maximum absolute atomic E-state index is 6.16. The lowest BCUT2D eigenvalue weighted by atomic mass is 10.0. The fourth-order valence-electron chi connectivity index (χ4n) is 1.84. The molecule has 0 bridgehead atoms. The van der Waals surface area contributed by atoms with Crippen LogP contribution >= 0.6 is 38.9 Å². The zero-order valence-corrected chi connectivity index (χ0v) is 13.5. The highest BCUT2D eigenvalue weighted by atomic mass is 79.9. The summed E-state index contributed by atoms with van der Waals surface area (Å²) in [5.74, 6) is 6.48. The van der Waals surface area contributed by atoms with Crippen LogP contribution in [0.15, 0.2) is 34.1 Å². The summed E-state index contributed by atoms with van der Waals surface area (Å²) in [6.07, 6.45) is 0.731. The normalized spacial score (nSPS) is 12.4. The summed E-state index contributed by atoms with van der Waals surface area (Å²) in [5, 5.41) is 2.70. The second-order valence-corrected chi connectivity index (χ2v) is 6.22. The van der Waals surface area contributed by atoms with Crippen molar-refractivity contribution in [3.8, 4) is 5.75 Å². The topological polar surface area (TPSA) is 47.3 Å². The Morgan fingerprint density at radius 1 is 1.47 bits per heavy atom. The Labute approximate surface area is 129 Å². The molecule has 19 heavy (non-hydrogen) atoms. The van der Waals surface area contributed by atoms with E-state index in [9.17, 15) is 0 Å². The first kappa shape index (κ1) is 14.8. The summed E-state index contributed by atoms with van der Waals surface area (Å²) in [6, 6.07) is 7.74. The Balaban J connectivity index is 2.26. The number of rotatable bonds is 5. The van der Waals surface area contributed by atoms with Crippen molar-refractivity contribution >= 4 is 38.9 Å². The molecule has 1 aromatic carbocycles. The predicted octanol–water partition coefficient (Wildman–Crippen LogP) is 3.92. The van der Waals surface area contributed by atoms with E-state index in [-0.39, 0.29) is 6.04 Å². The average Bonchev–Trinajstić information content (AvgIpc) is 2.84. The third-order valence-electron chi connectivity index (χ3n) is 2.84. The van der Waals surface area contributed by atoms with Gasteiger partial charge in [0.25, 0.3) is 0 Å². The molecule has 3 nitrogen and oxygen atoms in total. The van der Waals surface area contributed by atoms with Gasteiger partial charge in [0.1, 0.15) is 5.75 Å². The molecule has 1 unspecified atom stereocenters. The van der Waals surface area contributed by atoms with Crippen LogP contribution in [0.1, 0.15) is 16.5 Å². The van der Waals surface area contributed by atoms with Crippen LogP contribution in [0.3, 0.4) is 0 Å². The largest absolute Gasteiger partial charge is 0.497 e. The lowest BCUT2D eigenvalue weighted by Crippen LogP contribution is -2.29. The number of thiophene rings is 1. The van der Waals surface area contributed by atoms with Gasteiger partial charge in [-0.25, -0.2) is 0 Å². The minimum atomic E-state index is -0.0177. The minimum absolute atomic E-state index is 0.0177. The van der Waals surface area contributed by atoms with Gasteiger partial charge in [0.05, 0.1) is 18.2 Å². The molecule has 0 aliphatic rings. The van der Waals surface area contributed by atoms with Gasteiger partial charge in [-0.05, 0) is 41.6 Å². The molecule has 2 rings (SSSR count). The van der Waals surface area contributed by atoms with Crippen molar-refractivity contribution in [2.45, 2.75) is 12.5 Å². The van der Waals surface area contributed by atoms with Crippen LogP contribution in [0.2, 0.25) is 5.02 Å². The molecule has 2 aromatic rings. The van der Waals surface area contributed by atoms with Crippen LogP contribution in [-0.2, 0) is 6.42 Å². The molecule has 0 saturated carbocycles. The third-order valence-corrected chi connectivity index (χ3v) is 5.09. The SMILES string of the molecule is COc1ccc(Br)c(CC(NN)c2sccc2Cl)c1. The Hall–Kier alpha value is -0.590. The number of nitrogens with one attached hydrogen (secondary N) is 1. The number of halogens is 2. The van der Waals surface area contributed by atoms with E-state index in [0.717, 1.165) is 32.1 Å². The molecule has 102 valence electrons. The first-order chi connectivity index (χ1) is 9.15. The molecule has 0 aliphatic carbocycles. The maximum atomic E-state index is 6.16. The molecule has 1 atom stereocenters. The number of hydrazine groups is 1. The van der Waals surface area contributed by atoms with Gasteiger partial charge in [-0.15, -0.1) is 11.3 Å². The second kappa shape index (κ2) is 6.72. The standard InChI is InChI=1S/C13H14BrClN2OS/c1-18-9-2-3-10(14)8(6-9)7-12(17-16)13-11(15)4-5-19-13/h2-6,12,17H,7,16H2,1H3. The van der Waals surface area contributed by atoms with E-state index in [4.69, 9.17) is 22.2 Å². The molecule has 1 aromatic heterocycles. The van der Waals surface area contributed by atoms with Crippen LogP contribution < -0.4 is 16.0 Å². The molecule has 3 N–H and O–H groups in total. The fourth-order valence-corrected chi connectivity index (χ4v) is 3.49. The molecule has 0 amide bonds. The monoisotopic (exact) mass is 360 g/mol. The van der Waals surface area contributed by atoms with Crippen LogP contribution in [0.5, 0.6) is 5.75 Å². The summed E-state index contributed by atoms with van der Waals surface area (Å²) < 4.78 is 6.27. The van der Waals surface area contributed by atoms with Crippen molar-refractivity contribution < 1.29 is 4.74 Å². The molecular weight excluding hydrogens is 348 g/mol. The van der Waals surface area contributed by atoms with Crippen molar-refractivity contribution in [2.75, 3.05) is 7.11 Å². The molecule has 0 saturated heterocycles. The number of ether oxygens (including phenoxy) is 1. The highest BCUT2D eigenvalue weighted by molar-refractivity contribution is 9.10. The number of methoxy groups -OCH3 is 1. The van der Waals surface area contributed by atoms with Gasteiger partial charge in [0.2, 0.25) is 0 Å². The molecule has 6 heteroatoms. The van der Waals surface area contributed by atoms with E-state index in [0.29, 0.717) is 0 Å². The van der Waals surface area contributed by atoms with Crippen LogP contribution in [0.4, 0.5) is 0 Å². The summed E-state index contributed by atoms with van der Waals surface area (Å²) >= 11 is 11.3. The van der Waals surface area contributed by atoms with Gasteiger partial charge in [0.15, 0.2) is 0 Å². The summed E-state index contributed by atoms with van der Waals surface area (Å²) in [4.78, 5) is 1.04. The van der Waals surface area contributed by atoms with Crippen LogP contribution in [0, 0.1) is 0 Å². The first-order valence-electron chi connectivity index (χ1n) is 5.67. The quantitative estimate of drug-likeness (QED) is 0.627. The van der Waals surface area contributed by atoms with E-state index < -0.39 is 0 Å². The minimum Gasteiger partial charge on any atom is -0.497 e. The van der Waals surface area contributed by atoms with Crippen molar-refractivity contribution in [1.82, 2.24) is 5.43 Å². The van der Waals surface area contributed by atoms with E-state index in [1.54, 1.807) is 18.4 Å². The Morgan fingerprint density at radius 3 is 2.84 bits per heavy atom. The zero-order valence-electron chi connectivity index (χ0n) is 10.3. The molecule has 1 heterocycles. The first-order valence-corrected chi connectivity index (χ1v) is 7.72. The van der Waals surface area contributed by atoms with E-state index in [1.807, 2.05) is 29.6 Å². The molecule has 0 spiro atoms. The van der Waals surface area contributed by atoms with E-state index in [1.165, 1.54) is 0 Å². The number of hydrogen-bond acceptors (Lipinski definition) is 4. The number of nitrogens with two attached hydrogens (primary N) is 1. The lowest BCUT2D eigenvalue weighted by Gasteiger charge is -2.16. The van der Waals surface area contributed by atoms with Crippen molar-refractivity contribution in [1.29, 1.82) is 0 Å². The van der Waals surface area contributed by atoms with Gasteiger partial charge in [-0.1, -0.05) is 27.5 Å². The lowest BCUT2D eigenvalue weighted by molar-refractivity contribution is 0.413. The average molecular weight is 362 g/mol. The highest BCUT2D eigenvalue weighted by Crippen LogP contribution is 2.32. The molecule has 0 fully saturated rings. The second-order valence-electron chi connectivity index (χ2n) is 4.01. The Kier molecular flexibility index (Phi) is 5.24. The van der Waals surface area contributed by atoms with E-state index >= 15 is 0 Å². The Bertz CT molecular complexity index is 561. The van der Waals surface area contributed by atoms with Crippen molar-refractivity contribution in [2.24, 2.45) is 5.84 Å². The number of benzene rings is 1. The van der Waals surface area contributed by atoms with Gasteiger partial charge in [-0.3, -0.25) is 11.3 Å². The number of hydrogen-bond donors (Lipinski definition) is 2. The smallest absolute Gasteiger partial charge is 0.119 e. The fraction of sp³-hybridized carbons (Fsp3) is 0.231. The molecular formula is C13H14BrClN2OS. The molecule has 0 radical (unpaired) electrons. The van der Waals surface area contributed by atoms with Crippen molar-refractivity contribution in [3.63, 3.8) is 0 Å². The summed E-state index contributed by atoms with van der Waals surface area (Å²) in [6.45, 7) is 0. The van der Waals surface area contributed by atoms with Gasteiger partial charge >= 0.3 is 0 Å². The van der Waals surface area contributed by atoms with Crippen LogP contribution in [0.25, 0.3) is 0 Å². The van der Waals surface area contributed by atoms with Gasteiger partial charge in [-0.2, -0.15) is 0 Å². The summed E-state index contributed by atoms with van der Waals surface area (Å²) in [7, 11) is 1.65. The third kappa shape index (κ3) is 3.49. The van der Waals surface area contributed by atoms with Crippen LogP contribution in [-0.4, -0.2) is 7.11 Å². The van der Waals surface area contributed by atoms with E-state index in [2.05, 4.69) is 21.4 Å². The van der Waals surface area contributed by atoms with Gasteiger partial charge < -0.3 is 4.74 Å². The summed E-state index contributed by atoms with van der Waals surface area (Å²) in [5.41, 5.74) is 3.94. The maximum Gasteiger partial charge on any atom is 0.119 e. The van der Waals surface area contributed by atoms with Gasteiger partial charge in [0, 0.05) is 9.35 Å². The van der Waals surface area contributed by atoms with Crippen molar-refractivity contribution in [3.05, 3.63) is 49.6 Å².